The summed E-state index contributed by atoms with van der Waals surface area (Å²) in [7, 11) is 0. The molecule has 0 bridgehead atoms. The Bertz CT molecular complexity index is 1480. The predicted molar refractivity (Wildman–Crippen MR) is 163 cm³/mol. The first-order valence-corrected chi connectivity index (χ1v) is 15.6. The van der Waals surface area contributed by atoms with Gasteiger partial charge in [-0.25, -0.2) is 4.79 Å². The number of carbonyl (C=O) groups is 3. The Balaban J connectivity index is 1.13. The molecule has 3 aromatic rings. The number of likely N-dealkylation sites (tertiary alicyclic amines) is 1. The fraction of sp³-hybridized carbons (Fsp3) is 0.529. The van der Waals surface area contributed by atoms with E-state index < -0.39 is 23.2 Å². The highest BCUT2D eigenvalue weighted by molar-refractivity contribution is 6.05. The third-order valence-corrected chi connectivity index (χ3v) is 9.38. The summed E-state index contributed by atoms with van der Waals surface area (Å²) in [5.41, 5.74) is 1.21. The molecule has 228 valence electrons. The van der Waals surface area contributed by atoms with E-state index in [2.05, 4.69) is 22.5 Å². The van der Waals surface area contributed by atoms with Gasteiger partial charge >= 0.3 is 6.09 Å². The van der Waals surface area contributed by atoms with E-state index in [1.54, 1.807) is 45.2 Å². The number of hydrogen-bond donors (Lipinski definition) is 1. The number of fused-ring (bicyclic) bond motifs is 1. The predicted octanol–water partition coefficient (Wildman–Crippen LogP) is 6.30. The highest BCUT2D eigenvalue weighted by atomic mass is 16.6. The van der Waals surface area contributed by atoms with Crippen molar-refractivity contribution in [3.63, 3.8) is 0 Å². The second-order valence-electron chi connectivity index (χ2n) is 13.4. The summed E-state index contributed by atoms with van der Waals surface area (Å²) in [5, 5.41) is 7.93. The molecule has 6 rings (SSSR count). The minimum Gasteiger partial charge on any atom is -0.442 e. The van der Waals surface area contributed by atoms with Crippen LogP contribution in [-0.2, 0) is 25.7 Å². The van der Waals surface area contributed by atoms with E-state index in [1.807, 2.05) is 23.1 Å². The maximum atomic E-state index is 14.3. The Morgan fingerprint density at radius 2 is 1.74 bits per heavy atom. The van der Waals surface area contributed by atoms with Gasteiger partial charge in [-0.05, 0) is 82.9 Å². The number of nitrogens with zero attached hydrogens (tertiary/aromatic N) is 3. The molecule has 0 spiro atoms. The quantitative estimate of drug-likeness (QED) is 0.348. The van der Waals surface area contributed by atoms with Gasteiger partial charge in [-0.3, -0.25) is 9.59 Å². The lowest BCUT2D eigenvalue weighted by Gasteiger charge is -2.48. The maximum Gasteiger partial charge on any atom is 0.435 e. The monoisotopic (exact) mass is 586 g/mol. The Kier molecular flexibility index (Phi) is 8.02. The molecule has 3 fully saturated rings. The zero-order chi connectivity index (χ0) is 30.2. The number of ether oxygens (including phenoxy) is 2. The van der Waals surface area contributed by atoms with Gasteiger partial charge in [-0.15, -0.1) is 0 Å². The van der Waals surface area contributed by atoms with Crippen molar-refractivity contribution < 1.29 is 23.9 Å². The van der Waals surface area contributed by atoms with Crippen LogP contribution in [0.15, 0.2) is 54.7 Å². The second-order valence-corrected chi connectivity index (χ2v) is 13.4. The molecule has 9 nitrogen and oxygen atoms in total. The van der Waals surface area contributed by atoms with Crippen LogP contribution in [0.3, 0.4) is 0 Å². The van der Waals surface area contributed by atoms with Crippen LogP contribution in [0.4, 0.5) is 10.5 Å². The van der Waals surface area contributed by atoms with Gasteiger partial charge in [0.15, 0.2) is 0 Å². The normalized spacial score (nSPS) is 23.2. The average molecular weight is 587 g/mol. The molecule has 9 heteroatoms. The number of amides is 2. The lowest BCUT2D eigenvalue weighted by Crippen LogP contribution is -2.54. The van der Waals surface area contributed by atoms with Crippen LogP contribution in [0.25, 0.3) is 10.9 Å². The zero-order valence-electron chi connectivity index (χ0n) is 25.4. The van der Waals surface area contributed by atoms with Crippen LogP contribution < -0.4 is 5.32 Å². The minimum atomic E-state index is -0.661. The number of aromatic nitrogens is 2. The van der Waals surface area contributed by atoms with E-state index in [1.165, 1.54) is 4.68 Å². The molecule has 1 aliphatic heterocycles. The molecule has 1 atom stereocenters. The summed E-state index contributed by atoms with van der Waals surface area (Å²) in [6.07, 6.45) is 8.25. The van der Waals surface area contributed by atoms with Crippen molar-refractivity contribution in [2.24, 2.45) is 11.3 Å². The van der Waals surface area contributed by atoms with Crippen molar-refractivity contribution >= 4 is 34.5 Å². The molecule has 1 N–H and O–H groups in total. The lowest BCUT2D eigenvalue weighted by atomic mass is 9.62. The van der Waals surface area contributed by atoms with Gasteiger partial charge in [0, 0.05) is 11.9 Å². The summed E-state index contributed by atoms with van der Waals surface area (Å²) in [6.45, 7) is 6.60. The third kappa shape index (κ3) is 5.92. The molecule has 43 heavy (non-hydrogen) atoms. The van der Waals surface area contributed by atoms with Crippen LogP contribution in [0.1, 0.15) is 77.7 Å². The van der Waals surface area contributed by atoms with E-state index in [9.17, 15) is 14.4 Å². The van der Waals surface area contributed by atoms with Gasteiger partial charge in [-0.2, -0.15) is 9.78 Å². The third-order valence-electron chi connectivity index (χ3n) is 9.38. The molecule has 3 aliphatic rings. The maximum absolute atomic E-state index is 14.3. The summed E-state index contributed by atoms with van der Waals surface area (Å²) < 4.78 is 12.9. The summed E-state index contributed by atoms with van der Waals surface area (Å²) in [4.78, 5) is 42.6. The minimum absolute atomic E-state index is 0.144. The number of carbonyl (C=O) groups excluding carboxylic acids is 3. The molecule has 1 aromatic heterocycles. The Morgan fingerprint density at radius 3 is 2.47 bits per heavy atom. The van der Waals surface area contributed by atoms with Crippen molar-refractivity contribution in [2.45, 2.75) is 96.5 Å². The van der Waals surface area contributed by atoms with Gasteiger partial charge in [0.25, 0.3) is 0 Å². The number of benzene rings is 2. The Hall–Kier alpha value is -3.72. The van der Waals surface area contributed by atoms with Crippen LogP contribution >= 0.6 is 0 Å². The lowest BCUT2D eigenvalue weighted by molar-refractivity contribution is -0.157. The van der Waals surface area contributed by atoms with E-state index in [0.717, 1.165) is 50.5 Å². The first kappa shape index (κ1) is 29.4. The van der Waals surface area contributed by atoms with E-state index in [-0.39, 0.29) is 17.9 Å². The van der Waals surface area contributed by atoms with Crippen LogP contribution in [-0.4, -0.2) is 56.9 Å². The molecule has 2 saturated carbocycles. The zero-order valence-corrected chi connectivity index (χ0v) is 25.4. The highest BCUT2D eigenvalue weighted by Gasteiger charge is 2.55. The topological polar surface area (TPSA) is 103 Å². The first-order valence-electron chi connectivity index (χ1n) is 15.6. The van der Waals surface area contributed by atoms with Gasteiger partial charge < -0.3 is 19.7 Å². The van der Waals surface area contributed by atoms with Crippen LogP contribution in [0.2, 0.25) is 0 Å². The molecule has 2 heterocycles. The summed E-state index contributed by atoms with van der Waals surface area (Å²) in [6, 6.07) is 15.0. The Labute approximate surface area is 252 Å². The summed E-state index contributed by atoms with van der Waals surface area (Å²) in [5.74, 6) is 0.235. The van der Waals surface area contributed by atoms with Crippen molar-refractivity contribution in [3.05, 3.63) is 60.3 Å². The largest absolute Gasteiger partial charge is 0.442 e. The fourth-order valence-corrected chi connectivity index (χ4v) is 7.14. The number of rotatable bonds is 7. The van der Waals surface area contributed by atoms with Crippen molar-refractivity contribution in [2.75, 3.05) is 11.9 Å². The first-order chi connectivity index (χ1) is 20.6. The molecule has 2 amide bonds. The number of nitrogens with one attached hydrogen (secondary N) is 1. The van der Waals surface area contributed by atoms with Gasteiger partial charge in [-0.1, -0.05) is 49.2 Å². The molecule has 0 radical (unpaired) electrons. The summed E-state index contributed by atoms with van der Waals surface area (Å²) >= 11 is 0. The second kappa shape index (κ2) is 11.8. The van der Waals surface area contributed by atoms with Crippen LogP contribution in [0.5, 0.6) is 0 Å². The van der Waals surface area contributed by atoms with E-state index in [0.29, 0.717) is 42.1 Å². The van der Waals surface area contributed by atoms with E-state index in [4.69, 9.17) is 9.47 Å². The molecule has 2 aliphatic carbocycles. The standard InChI is InChI=1S/C34H42N4O5/c1-33(2,3)43-32(41)38-28-14-9-13-27(26(28)21-35-38)36-30(39)29-15-10-18-37(29)31(40)34(16-7-8-17-34)24-19-25(20-24)42-22-23-11-5-4-6-12-23/h4-6,9,11-14,21,24-25,29H,7-8,10,15-20,22H2,1-3H3,(H,36,39)/t24?,25?,29-/m1/s1. The molecule has 2 aromatic carbocycles. The number of hydrogen-bond acceptors (Lipinski definition) is 6. The highest BCUT2D eigenvalue weighted by Crippen LogP contribution is 2.54. The molecule has 0 unspecified atom stereocenters. The van der Waals surface area contributed by atoms with Crippen molar-refractivity contribution in [1.82, 2.24) is 14.7 Å². The van der Waals surface area contributed by atoms with Crippen LogP contribution in [0, 0.1) is 11.3 Å². The van der Waals surface area contributed by atoms with Crippen molar-refractivity contribution in [3.8, 4) is 0 Å². The van der Waals surface area contributed by atoms with Gasteiger partial charge in [0.2, 0.25) is 11.8 Å². The number of anilines is 1. The fourth-order valence-electron chi connectivity index (χ4n) is 7.14. The SMILES string of the molecule is CC(C)(C)OC(=O)n1ncc2c(NC(=O)[C@H]3CCCN3C(=O)C3(C4CC(OCc5ccccc5)C4)CCCC3)cccc21. The molecular formula is C34H42N4O5. The van der Waals surface area contributed by atoms with Gasteiger partial charge in [0.1, 0.15) is 11.6 Å². The smallest absolute Gasteiger partial charge is 0.435 e. The van der Waals surface area contributed by atoms with E-state index >= 15 is 0 Å². The van der Waals surface area contributed by atoms with Gasteiger partial charge in [0.05, 0.1) is 35.5 Å². The molecule has 1 saturated heterocycles. The van der Waals surface area contributed by atoms with Crippen molar-refractivity contribution in [1.29, 1.82) is 0 Å². The molecular weight excluding hydrogens is 544 g/mol. The average Bonchev–Trinajstić information content (AvgIpc) is 3.72. The Morgan fingerprint density at radius 1 is 1.00 bits per heavy atom.